The van der Waals surface area contributed by atoms with Gasteiger partial charge in [0, 0.05) is 43.9 Å². The van der Waals surface area contributed by atoms with Crippen LogP contribution in [-0.2, 0) is 33.2 Å². The van der Waals surface area contributed by atoms with Crippen molar-refractivity contribution in [3.05, 3.63) is 0 Å². The van der Waals surface area contributed by atoms with Crippen molar-refractivity contribution in [1.82, 2.24) is 4.90 Å². The van der Waals surface area contributed by atoms with Gasteiger partial charge in [-0.2, -0.15) is 0 Å². The van der Waals surface area contributed by atoms with Gasteiger partial charge in [0.05, 0.1) is 47.8 Å². The van der Waals surface area contributed by atoms with Crippen molar-refractivity contribution in [2.75, 3.05) is 14.2 Å². The molecule has 4 heterocycles. The van der Waals surface area contributed by atoms with Crippen molar-refractivity contribution in [3.8, 4) is 0 Å². The maximum Gasteiger partial charge on any atom is 0.317 e. The third-order valence-electron chi connectivity index (χ3n) is 12.9. The summed E-state index contributed by atoms with van der Waals surface area (Å²) in [6, 6.07) is 0.464. The van der Waals surface area contributed by atoms with E-state index in [4.69, 9.17) is 28.4 Å². The molecule has 13 nitrogen and oxygen atoms in total. The number of carbonyl (C=O) groups is 1. The molecule has 0 saturated carbocycles. The molecule has 0 aromatic rings. The highest BCUT2D eigenvalue weighted by atomic mass is 16.7. The second kappa shape index (κ2) is 15.6. The molecule has 0 aliphatic carbocycles. The van der Waals surface area contributed by atoms with E-state index in [1.807, 2.05) is 13.8 Å². The predicted molar refractivity (Wildman–Crippen MR) is 188 cm³/mol. The van der Waals surface area contributed by atoms with Crippen molar-refractivity contribution in [2.24, 2.45) is 23.7 Å². The number of methoxy groups -OCH3 is 1. The van der Waals surface area contributed by atoms with Gasteiger partial charge in [0.2, 0.25) is 0 Å². The standard InChI is InChI=1S/C38H69NO12/c1-14-26-37(11,45)31(41)22(6)29(40)20(4)17-35(9,44)33(49-27-16-25(15-21(5)47-27)39(12)19(2)3)23(7)30-28(34(43)48-26)38(51-30)18-36(10,46-13)32(42)24(8)50-38/h19-33,40-42,44-45H,14-18H2,1-13H3/t20-,21?,22+,23+,24?,25?,26-,27?,28-,29+,30+,31-,32+,33-,35+,36?,37-,38?/m1/s1. The van der Waals surface area contributed by atoms with Crippen molar-refractivity contribution in [3.63, 3.8) is 0 Å². The van der Waals surface area contributed by atoms with Gasteiger partial charge in [0.15, 0.2) is 12.1 Å². The van der Waals surface area contributed by atoms with Crippen LogP contribution in [0, 0.1) is 23.7 Å². The molecule has 13 heteroatoms. The summed E-state index contributed by atoms with van der Waals surface area (Å²) < 4.78 is 38.0. The van der Waals surface area contributed by atoms with Crippen LogP contribution in [0.3, 0.4) is 0 Å². The topological polar surface area (TPSA) is 177 Å². The minimum Gasteiger partial charge on any atom is -0.459 e. The summed E-state index contributed by atoms with van der Waals surface area (Å²) in [6.45, 7) is 19.8. The summed E-state index contributed by atoms with van der Waals surface area (Å²) in [6.07, 6.45) is -6.63. The van der Waals surface area contributed by atoms with Crippen molar-refractivity contribution >= 4 is 5.97 Å². The Hall–Kier alpha value is -0.970. The first-order valence-corrected chi connectivity index (χ1v) is 19.1. The molecule has 6 unspecified atom stereocenters. The summed E-state index contributed by atoms with van der Waals surface area (Å²) in [7, 11) is 3.57. The predicted octanol–water partition coefficient (Wildman–Crippen LogP) is 2.75. The summed E-state index contributed by atoms with van der Waals surface area (Å²) in [5.74, 6) is -5.43. The van der Waals surface area contributed by atoms with Crippen LogP contribution in [0.4, 0.5) is 0 Å². The fraction of sp³-hybridized carbons (Fsp3) is 0.974. The molecule has 4 rings (SSSR count). The number of hydrogen-bond acceptors (Lipinski definition) is 13. The smallest absolute Gasteiger partial charge is 0.317 e. The SMILES string of the molecule is CC[C@H]1OC(=O)[C@H]2[C@@H](OC23CC(C)(OC)[C@@H](O)C(C)O3)[C@H](C)[C@@H](OC2CC(N(C)C(C)C)CC(C)O2)[C@@](C)(O)C[C@@H](C)[C@H](O)[C@H](C)[C@@H](O)[C@]1(C)O. The molecule has 4 aliphatic heterocycles. The van der Waals surface area contributed by atoms with E-state index in [-0.39, 0.29) is 31.4 Å². The van der Waals surface area contributed by atoms with Gasteiger partial charge in [-0.15, -0.1) is 0 Å². The number of hydrogen-bond donors (Lipinski definition) is 5. The van der Waals surface area contributed by atoms with Crippen LogP contribution in [0.25, 0.3) is 0 Å². The van der Waals surface area contributed by atoms with Gasteiger partial charge in [0.1, 0.15) is 23.7 Å². The molecule has 1 spiro atoms. The average Bonchev–Trinajstić information content (AvgIpc) is 3.04. The lowest BCUT2D eigenvalue weighted by Gasteiger charge is -2.62. The Morgan fingerprint density at radius 2 is 1.59 bits per heavy atom. The van der Waals surface area contributed by atoms with Crippen molar-refractivity contribution < 1.29 is 58.7 Å². The number of cyclic esters (lactones) is 1. The third-order valence-corrected chi connectivity index (χ3v) is 12.9. The maximum absolute atomic E-state index is 14.5. The number of ether oxygens (including phenoxy) is 6. The van der Waals surface area contributed by atoms with Crippen LogP contribution in [0.5, 0.6) is 0 Å². The second-order valence-electron chi connectivity index (χ2n) is 17.4. The Balaban J connectivity index is 1.81. The number of aliphatic hydroxyl groups is 5. The zero-order valence-corrected chi connectivity index (χ0v) is 33.2. The van der Waals surface area contributed by atoms with Gasteiger partial charge in [-0.1, -0.05) is 27.7 Å². The molecule has 4 fully saturated rings. The third kappa shape index (κ3) is 8.20. The van der Waals surface area contributed by atoms with E-state index in [1.54, 1.807) is 41.5 Å². The molecule has 0 bridgehead atoms. The van der Waals surface area contributed by atoms with Crippen LogP contribution in [-0.4, -0.2) is 140 Å². The van der Waals surface area contributed by atoms with Gasteiger partial charge in [-0.05, 0) is 80.7 Å². The van der Waals surface area contributed by atoms with E-state index in [2.05, 4.69) is 25.8 Å². The Kier molecular flexibility index (Phi) is 13.1. The molecule has 298 valence electrons. The summed E-state index contributed by atoms with van der Waals surface area (Å²) in [4.78, 5) is 16.8. The van der Waals surface area contributed by atoms with Gasteiger partial charge in [-0.3, -0.25) is 4.79 Å². The highest BCUT2D eigenvalue weighted by molar-refractivity contribution is 5.76. The highest BCUT2D eigenvalue weighted by Gasteiger charge is 2.70. The van der Waals surface area contributed by atoms with Crippen molar-refractivity contribution in [2.45, 2.75) is 198 Å². The molecule has 0 aromatic heterocycles. The number of aliphatic hydroxyl groups excluding tert-OH is 3. The van der Waals surface area contributed by atoms with Crippen LogP contribution in [0.2, 0.25) is 0 Å². The minimum atomic E-state index is -1.94. The lowest BCUT2D eigenvalue weighted by Crippen LogP contribution is -2.75. The lowest BCUT2D eigenvalue weighted by molar-refractivity contribution is -0.440. The van der Waals surface area contributed by atoms with E-state index in [9.17, 15) is 30.3 Å². The van der Waals surface area contributed by atoms with E-state index >= 15 is 0 Å². The van der Waals surface area contributed by atoms with E-state index in [1.165, 1.54) is 14.0 Å². The molecule has 18 atom stereocenters. The van der Waals surface area contributed by atoms with Crippen molar-refractivity contribution in [1.29, 1.82) is 0 Å². The zero-order chi connectivity index (χ0) is 38.6. The molecule has 0 radical (unpaired) electrons. The summed E-state index contributed by atoms with van der Waals surface area (Å²) in [5.41, 5.74) is -4.66. The Bertz CT molecular complexity index is 1190. The molecular weight excluding hydrogens is 662 g/mol. The van der Waals surface area contributed by atoms with Gasteiger partial charge >= 0.3 is 5.97 Å². The molecule has 4 saturated heterocycles. The Labute approximate surface area is 305 Å². The highest BCUT2D eigenvalue weighted by Crippen LogP contribution is 2.55. The fourth-order valence-electron chi connectivity index (χ4n) is 9.46. The number of fused-ring (bicyclic) bond motifs is 2. The fourth-order valence-corrected chi connectivity index (χ4v) is 9.46. The van der Waals surface area contributed by atoms with Crippen LogP contribution in [0.1, 0.15) is 108 Å². The molecule has 0 amide bonds. The quantitative estimate of drug-likeness (QED) is 0.253. The van der Waals surface area contributed by atoms with Crippen LogP contribution < -0.4 is 0 Å². The second-order valence-corrected chi connectivity index (χ2v) is 17.4. The van der Waals surface area contributed by atoms with E-state index in [0.717, 1.165) is 6.42 Å². The van der Waals surface area contributed by atoms with Gasteiger partial charge in [0.25, 0.3) is 0 Å². The number of nitrogens with zero attached hydrogens (tertiary/aromatic N) is 1. The summed E-state index contributed by atoms with van der Waals surface area (Å²) >= 11 is 0. The molecule has 4 aliphatic rings. The number of esters is 1. The van der Waals surface area contributed by atoms with Gasteiger partial charge in [-0.25, -0.2) is 0 Å². The lowest BCUT2D eigenvalue weighted by atomic mass is 9.68. The number of carbonyl (C=O) groups excluding carboxylic acids is 1. The normalized spacial score (nSPS) is 51.9. The Morgan fingerprint density at radius 1 is 0.961 bits per heavy atom. The van der Waals surface area contributed by atoms with Crippen LogP contribution in [0.15, 0.2) is 0 Å². The largest absolute Gasteiger partial charge is 0.459 e. The van der Waals surface area contributed by atoms with E-state index < -0.39 is 101 Å². The molecular formula is C38H69NO12. The zero-order valence-electron chi connectivity index (χ0n) is 33.2. The average molecular weight is 732 g/mol. The minimum absolute atomic E-state index is 0.00452. The van der Waals surface area contributed by atoms with Crippen LogP contribution >= 0.6 is 0 Å². The van der Waals surface area contributed by atoms with E-state index in [0.29, 0.717) is 12.5 Å². The molecule has 0 aromatic carbocycles. The maximum atomic E-state index is 14.5. The summed E-state index contributed by atoms with van der Waals surface area (Å²) in [5, 5.41) is 58.2. The first-order chi connectivity index (χ1) is 23.5. The monoisotopic (exact) mass is 731 g/mol. The van der Waals surface area contributed by atoms with Gasteiger partial charge < -0.3 is 58.9 Å². The molecule has 5 N–H and O–H groups in total. The molecule has 51 heavy (non-hydrogen) atoms. The first-order valence-electron chi connectivity index (χ1n) is 19.1. The first kappa shape index (κ1) is 42.8. The Morgan fingerprint density at radius 3 is 2.16 bits per heavy atom. The number of rotatable bonds is 6.